The molecule has 3 aromatic rings. The summed E-state index contributed by atoms with van der Waals surface area (Å²) in [5, 5.41) is 10.3. The molecule has 0 unspecified atom stereocenters. The first-order valence-electron chi connectivity index (χ1n) is 10.2. The summed E-state index contributed by atoms with van der Waals surface area (Å²) in [6.45, 7) is 1.33. The van der Waals surface area contributed by atoms with Crippen LogP contribution < -0.4 is 15.2 Å². The Balaban J connectivity index is 1.47. The van der Waals surface area contributed by atoms with Crippen molar-refractivity contribution in [2.45, 2.75) is 48.3 Å². The first-order valence-corrected chi connectivity index (χ1v) is 11.9. The van der Waals surface area contributed by atoms with Crippen molar-refractivity contribution in [1.82, 2.24) is 24.4 Å². The van der Waals surface area contributed by atoms with Gasteiger partial charge in [-0.1, -0.05) is 11.8 Å². The third kappa shape index (κ3) is 3.92. The van der Waals surface area contributed by atoms with Crippen LogP contribution in [0.3, 0.4) is 0 Å². The highest BCUT2D eigenvalue weighted by molar-refractivity contribution is 9.10. The number of carboxylic acid groups (broad SMARTS) is 1. The van der Waals surface area contributed by atoms with Gasteiger partial charge in [-0.05, 0) is 53.7 Å². The number of carbonyl (C=O) groups is 1. The molecule has 2 aliphatic heterocycles. The van der Waals surface area contributed by atoms with Gasteiger partial charge in [0.15, 0.2) is 33.6 Å². The van der Waals surface area contributed by atoms with Crippen LogP contribution in [0.1, 0.15) is 25.7 Å². The van der Waals surface area contributed by atoms with Crippen LogP contribution >= 0.6 is 27.7 Å². The summed E-state index contributed by atoms with van der Waals surface area (Å²) in [5.74, 6) is 1.68. The van der Waals surface area contributed by atoms with E-state index in [1.54, 1.807) is 4.90 Å². The van der Waals surface area contributed by atoms with Gasteiger partial charge in [0.1, 0.15) is 6.33 Å². The summed E-state index contributed by atoms with van der Waals surface area (Å²) in [5.41, 5.74) is 7.24. The number of piperidine rings is 1. The minimum atomic E-state index is -0.865. The van der Waals surface area contributed by atoms with E-state index < -0.39 is 6.09 Å². The fourth-order valence-corrected chi connectivity index (χ4v) is 5.63. The molecule has 4 heterocycles. The third-order valence-electron chi connectivity index (χ3n) is 5.71. The molecule has 5 rings (SSSR count). The van der Waals surface area contributed by atoms with Crippen molar-refractivity contribution in [3.05, 3.63) is 22.9 Å². The van der Waals surface area contributed by atoms with E-state index in [4.69, 9.17) is 20.2 Å². The van der Waals surface area contributed by atoms with E-state index in [-0.39, 0.29) is 12.8 Å². The Morgan fingerprint density at radius 1 is 1.28 bits per heavy atom. The van der Waals surface area contributed by atoms with E-state index in [0.29, 0.717) is 53.1 Å². The molecule has 0 radical (unpaired) electrons. The summed E-state index contributed by atoms with van der Waals surface area (Å²) in [6, 6.07) is 3.75. The number of rotatable bonds is 5. The van der Waals surface area contributed by atoms with Crippen LogP contribution in [-0.4, -0.2) is 55.0 Å². The monoisotopic (exact) mass is 520 g/mol. The zero-order chi connectivity index (χ0) is 22.2. The van der Waals surface area contributed by atoms with Crippen molar-refractivity contribution >= 4 is 50.8 Å². The Morgan fingerprint density at radius 2 is 2.09 bits per heavy atom. The first kappa shape index (κ1) is 21.1. The number of nitrogens with two attached hydrogens (primary N) is 1. The van der Waals surface area contributed by atoms with Crippen LogP contribution in [0.15, 0.2) is 33.0 Å². The number of nitrogen functional groups attached to an aromatic ring is 1. The number of likely N-dealkylation sites (tertiary alicyclic amines) is 1. The maximum atomic E-state index is 11.7. The molecule has 12 heteroatoms. The molecule has 32 heavy (non-hydrogen) atoms. The van der Waals surface area contributed by atoms with Gasteiger partial charge in [0, 0.05) is 28.5 Å². The quantitative estimate of drug-likeness (QED) is 0.512. The molecule has 3 N–H and O–H groups in total. The van der Waals surface area contributed by atoms with Crippen molar-refractivity contribution in [3.63, 3.8) is 0 Å². The maximum Gasteiger partial charge on any atom is 0.407 e. The lowest BCUT2D eigenvalue weighted by molar-refractivity contribution is 0.101. The summed E-state index contributed by atoms with van der Waals surface area (Å²) < 4.78 is 13.8. The number of hydrogen-bond acceptors (Lipinski definition) is 8. The van der Waals surface area contributed by atoms with Gasteiger partial charge in [-0.2, -0.15) is 0 Å². The van der Waals surface area contributed by atoms with Crippen molar-refractivity contribution in [1.29, 1.82) is 0 Å². The van der Waals surface area contributed by atoms with E-state index >= 15 is 0 Å². The van der Waals surface area contributed by atoms with E-state index in [1.807, 2.05) is 16.7 Å². The van der Waals surface area contributed by atoms with Crippen LogP contribution in [0.2, 0.25) is 0 Å². The average molecular weight is 521 g/mol. The summed E-state index contributed by atoms with van der Waals surface area (Å²) in [7, 11) is 0. The fourth-order valence-electron chi connectivity index (χ4n) is 4.12. The van der Waals surface area contributed by atoms with Crippen LogP contribution in [-0.2, 0) is 6.54 Å². The molecule has 2 aliphatic rings. The number of aryl methyl sites for hydroxylation is 1. The number of halogens is 1. The van der Waals surface area contributed by atoms with Crippen molar-refractivity contribution < 1.29 is 19.4 Å². The van der Waals surface area contributed by atoms with Gasteiger partial charge in [0.05, 0.1) is 0 Å². The van der Waals surface area contributed by atoms with Gasteiger partial charge < -0.3 is 29.8 Å². The molecule has 1 amide bonds. The molecule has 1 atom stereocenters. The largest absolute Gasteiger partial charge is 0.465 e. The molecular formula is C20H21BrN6O4S. The number of hydrogen-bond donors (Lipinski definition) is 2. The van der Waals surface area contributed by atoms with Gasteiger partial charge in [-0.25, -0.2) is 19.7 Å². The Labute approximate surface area is 196 Å². The molecular weight excluding hydrogens is 500 g/mol. The molecule has 1 fully saturated rings. The number of nitrogens with zero attached hydrogens (tertiary/aromatic N) is 5. The Kier molecular flexibility index (Phi) is 5.72. The molecule has 1 aromatic carbocycles. The smallest absolute Gasteiger partial charge is 0.407 e. The predicted octanol–water partition coefficient (Wildman–Crippen LogP) is 3.97. The van der Waals surface area contributed by atoms with Gasteiger partial charge in [0.2, 0.25) is 6.79 Å². The second kappa shape index (κ2) is 8.66. The number of ether oxygens (including phenoxy) is 2. The lowest BCUT2D eigenvalue weighted by Gasteiger charge is -2.33. The Morgan fingerprint density at radius 3 is 2.91 bits per heavy atom. The van der Waals surface area contributed by atoms with Crippen molar-refractivity contribution in [2.24, 2.45) is 0 Å². The highest BCUT2D eigenvalue weighted by atomic mass is 79.9. The van der Waals surface area contributed by atoms with E-state index in [0.717, 1.165) is 28.6 Å². The minimum Gasteiger partial charge on any atom is -0.465 e. The number of imidazole rings is 1. The zero-order valence-electron chi connectivity index (χ0n) is 17.0. The highest BCUT2D eigenvalue weighted by Gasteiger charge is 2.27. The first-order chi connectivity index (χ1) is 15.5. The number of anilines is 1. The number of benzene rings is 1. The van der Waals surface area contributed by atoms with Gasteiger partial charge in [-0.15, -0.1) is 0 Å². The van der Waals surface area contributed by atoms with E-state index in [2.05, 4.69) is 25.9 Å². The lowest BCUT2D eigenvalue weighted by Crippen LogP contribution is -2.43. The molecule has 0 bridgehead atoms. The van der Waals surface area contributed by atoms with Crippen LogP contribution in [0.5, 0.6) is 11.5 Å². The fraction of sp³-hybridized carbons (Fsp3) is 0.400. The SMILES string of the molecule is Nc1ncnc2c1nc(Sc1cc3c(cc1Br)OCO3)n2CC[C@H]1CCCCN1C(=O)O. The summed E-state index contributed by atoms with van der Waals surface area (Å²) in [6.07, 6.45) is 4.00. The van der Waals surface area contributed by atoms with Crippen molar-refractivity contribution in [2.75, 3.05) is 19.1 Å². The molecule has 0 spiro atoms. The molecule has 2 aromatic heterocycles. The molecule has 0 aliphatic carbocycles. The second-order valence-electron chi connectivity index (χ2n) is 7.63. The Hall–Kier alpha value is -2.73. The standard InChI is InChI=1S/C20H21BrN6O4S/c21-12-7-13-14(31-10-30-13)8-15(12)32-19-25-16-17(22)23-9-24-18(16)27(19)6-4-11-3-1-2-5-26(11)20(28)29/h7-9,11H,1-6,10H2,(H,28,29)(H2,22,23,24)/t11-/m1/s1. The van der Waals surface area contributed by atoms with Crippen LogP contribution in [0.4, 0.5) is 10.6 Å². The molecule has 0 saturated carbocycles. The predicted molar refractivity (Wildman–Crippen MR) is 121 cm³/mol. The normalized spacial score (nSPS) is 17.8. The zero-order valence-corrected chi connectivity index (χ0v) is 19.4. The number of aromatic nitrogens is 4. The van der Waals surface area contributed by atoms with E-state index in [9.17, 15) is 9.90 Å². The van der Waals surface area contributed by atoms with Crippen molar-refractivity contribution in [3.8, 4) is 11.5 Å². The lowest BCUT2D eigenvalue weighted by atomic mass is 10.00. The average Bonchev–Trinajstić information content (AvgIpc) is 3.37. The topological polar surface area (TPSA) is 129 Å². The molecule has 10 nitrogen and oxygen atoms in total. The molecule has 1 saturated heterocycles. The second-order valence-corrected chi connectivity index (χ2v) is 9.49. The summed E-state index contributed by atoms with van der Waals surface area (Å²) in [4.78, 5) is 27.3. The van der Waals surface area contributed by atoms with Crippen LogP contribution in [0, 0.1) is 0 Å². The maximum absolute atomic E-state index is 11.7. The van der Waals surface area contributed by atoms with Gasteiger partial charge in [-0.3, -0.25) is 0 Å². The summed E-state index contributed by atoms with van der Waals surface area (Å²) >= 11 is 5.05. The highest BCUT2D eigenvalue weighted by Crippen LogP contribution is 2.43. The Bertz CT molecular complexity index is 1190. The van der Waals surface area contributed by atoms with Crippen LogP contribution in [0.25, 0.3) is 11.2 Å². The number of amides is 1. The third-order valence-corrected chi connectivity index (χ3v) is 7.68. The van der Waals surface area contributed by atoms with E-state index in [1.165, 1.54) is 18.1 Å². The van der Waals surface area contributed by atoms with Gasteiger partial charge in [0.25, 0.3) is 0 Å². The minimum absolute atomic E-state index is 0.0342. The molecule has 168 valence electrons. The number of fused-ring (bicyclic) bond motifs is 2. The van der Waals surface area contributed by atoms with Gasteiger partial charge >= 0.3 is 6.09 Å².